The van der Waals surface area contributed by atoms with Crippen molar-refractivity contribution in [3.63, 3.8) is 0 Å². The highest BCUT2D eigenvalue weighted by Gasteiger charge is 2.36. The maximum atomic E-state index is 14.4. The van der Waals surface area contributed by atoms with E-state index >= 15 is 0 Å². The second-order valence-electron chi connectivity index (χ2n) is 8.75. The number of halogens is 1. The summed E-state index contributed by atoms with van der Waals surface area (Å²) in [5.74, 6) is 0.925. The summed E-state index contributed by atoms with van der Waals surface area (Å²) in [5, 5.41) is 8.54. The Kier molecular flexibility index (Phi) is 5.81. The molecule has 1 fully saturated rings. The molecule has 1 atom stereocenters. The van der Waals surface area contributed by atoms with Gasteiger partial charge in [-0.1, -0.05) is 0 Å². The topological polar surface area (TPSA) is 126 Å². The van der Waals surface area contributed by atoms with Crippen molar-refractivity contribution in [1.29, 1.82) is 0 Å². The molecule has 0 aliphatic carbocycles. The first-order valence-electron chi connectivity index (χ1n) is 11.1. The highest BCUT2D eigenvalue weighted by atomic mass is 19.1. The van der Waals surface area contributed by atoms with E-state index in [0.29, 0.717) is 11.4 Å². The summed E-state index contributed by atoms with van der Waals surface area (Å²) in [6.07, 6.45) is 3.91. The van der Waals surface area contributed by atoms with Crippen LogP contribution in [0, 0.1) is 5.82 Å². The Balaban J connectivity index is 1.28. The van der Waals surface area contributed by atoms with E-state index in [9.17, 15) is 9.18 Å². The number of nitrogens with zero attached hydrogens (tertiary/aromatic N) is 5. The summed E-state index contributed by atoms with van der Waals surface area (Å²) in [6.45, 7) is 5.01. The van der Waals surface area contributed by atoms with Gasteiger partial charge in [-0.25, -0.2) is 19.3 Å². The van der Waals surface area contributed by atoms with Crippen molar-refractivity contribution in [2.75, 3.05) is 41.0 Å². The third-order valence-electron chi connectivity index (χ3n) is 5.80. The van der Waals surface area contributed by atoms with Crippen LogP contribution in [-0.2, 0) is 9.53 Å². The number of aromatic nitrogens is 4. The number of amides is 1. The maximum Gasteiger partial charge on any atom is 0.269 e. The van der Waals surface area contributed by atoms with Gasteiger partial charge in [0.05, 0.1) is 24.2 Å². The average Bonchev–Trinajstić information content (AvgIpc) is 3.32. The zero-order valence-corrected chi connectivity index (χ0v) is 19.5. The van der Waals surface area contributed by atoms with Gasteiger partial charge in [0.2, 0.25) is 5.95 Å². The molecule has 0 radical (unpaired) electrons. The van der Waals surface area contributed by atoms with Crippen molar-refractivity contribution in [2.45, 2.75) is 32.0 Å². The van der Waals surface area contributed by atoms with Crippen LogP contribution in [0.1, 0.15) is 20.3 Å². The van der Waals surface area contributed by atoms with Gasteiger partial charge < -0.3 is 30.3 Å². The van der Waals surface area contributed by atoms with Crippen LogP contribution in [-0.4, -0.2) is 57.7 Å². The number of hydrogen-bond acceptors (Lipinski definition) is 10. The fraction of sp³-hybridized carbons (Fsp3) is 0.348. The lowest BCUT2D eigenvalue weighted by atomic mass is 10.1. The Labute approximate surface area is 201 Å². The fourth-order valence-electron chi connectivity index (χ4n) is 3.81. The molecule has 5 rings (SSSR count). The van der Waals surface area contributed by atoms with Crippen LogP contribution in [0.4, 0.5) is 39.3 Å². The lowest BCUT2D eigenvalue weighted by Gasteiger charge is -2.30. The number of pyridine rings is 2. The zero-order chi connectivity index (χ0) is 24.6. The maximum absolute atomic E-state index is 14.4. The average molecular weight is 481 g/mol. The number of carbonyl (C=O) groups is 1. The summed E-state index contributed by atoms with van der Waals surface area (Å²) < 4.78 is 25.5. The van der Waals surface area contributed by atoms with E-state index in [0.717, 1.165) is 31.5 Å². The largest absolute Gasteiger partial charge is 0.474 e. The van der Waals surface area contributed by atoms with Crippen LogP contribution < -0.4 is 25.6 Å². The van der Waals surface area contributed by atoms with Crippen molar-refractivity contribution in [3.8, 4) is 5.75 Å². The minimum atomic E-state index is -1.00. The Morgan fingerprint density at radius 3 is 2.77 bits per heavy atom. The van der Waals surface area contributed by atoms with Crippen molar-refractivity contribution in [3.05, 3.63) is 42.5 Å². The summed E-state index contributed by atoms with van der Waals surface area (Å²) in [6, 6.07) is 7.01. The van der Waals surface area contributed by atoms with Crippen molar-refractivity contribution in [1.82, 2.24) is 19.9 Å². The normalized spacial score (nSPS) is 18.5. The third-order valence-corrected chi connectivity index (χ3v) is 5.80. The molecular formula is C23H25FN8O3. The molecule has 0 unspecified atom stereocenters. The fourth-order valence-corrected chi connectivity index (χ4v) is 3.81. The highest BCUT2D eigenvalue weighted by Crippen LogP contribution is 2.33. The van der Waals surface area contributed by atoms with E-state index in [2.05, 4.69) is 40.8 Å². The van der Waals surface area contributed by atoms with Crippen molar-refractivity contribution >= 4 is 40.8 Å². The minimum absolute atomic E-state index is 0.0782. The molecular weight excluding hydrogens is 455 g/mol. The molecule has 3 aromatic heterocycles. The summed E-state index contributed by atoms with van der Waals surface area (Å²) in [7, 11) is 1.72. The minimum Gasteiger partial charge on any atom is -0.474 e. The lowest BCUT2D eigenvalue weighted by Crippen LogP contribution is -2.46. The number of ether oxygens (including phenoxy) is 2. The lowest BCUT2D eigenvalue weighted by molar-refractivity contribution is -0.129. The number of fused-ring (bicyclic) bond motifs is 1. The van der Waals surface area contributed by atoms with Gasteiger partial charge in [-0.15, -0.1) is 0 Å². The molecule has 35 heavy (non-hydrogen) atoms. The molecule has 2 aliphatic rings. The van der Waals surface area contributed by atoms with Gasteiger partial charge in [0.15, 0.2) is 28.8 Å². The number of carbonyl (C=O) groups excluding carboxylic acids is 1. The molecule has 1 saturated heterocycles. The molecule has 12 heteroatoms. The number of methoxy groups -OCH3 is 1. The molecule has 0 spiro atoms. The van der Waals surface area contributed by atoms with E-state index in [1.165, 1.54) is 0 Å². The van der Waals surface area contributed by atoms with Gasteiger partial charge in [-0.3, -0.25) is 4.79 Å². The predicted octanol–water partition coefficient (Wildman–Crippen LogP) is 3.23. The molecule has 1 amide bonds. The zero-order valence-electron chi connectivity index (χ0n) is 19.5. The third kappa shape index (κ3) is 4.78. The second kappa shape index (κ2) is 8.95. The molecule has 0 aromatic carbocycles. The van der Waals surface area contributed by atoms with E-state index < -0.39 is 11.4 Å². The molecule has 182 valence electrons. The van der Waals surface area contributed by atoms with Crippen LogP contribution in [0.15, 0.2) is 36.7 Å². The number of rotatable bonds is 6. The Morgan fingerprint density at radius 1 is 1.17 bits per heavy atom. The van der Waals surface area contributed by atoms with Gasteiger partial charge in [-0.2, -0.15) is 4.98 Å². The number of anilines is 6. The highest BCUT2D eigenvalue weighted by molar-refractivity contribution is 5.99. The first-order chi connectivity index (χ1) is 16.8. The Morgan fingerprint density at radius 2 is 2.03 bits per heavy atom. The van der Waals surface area contributed by atoms with Crippen LogP contribution >= 0.6 is 0 Å². The predicted molar refractivity (Wildman–Crippen MR) is 128 cm³/mol. The van der Waals surface area contributed by atoms with E-state index in [-0.39, 0.29) is 35.4 Å². The molecule has 11 nitrogen and oxygen atoms in total. The summed E-state index contributed by atoms with van der Waals surface area (Å²) >= 11 is 0. The van der Waals surface area contributed by atoms with Crippen molar-refractivity contribution in [2.24, 2.45) is 0 Å². The van der Waals surface area contributed by atoms with E-state index in [4.69, 9.17) is 9.47 Å². The Bertz CT molecular complexity index is 1250. The summed E-state index contributed by atoms with van der Waals surface area (Å²) in [4.78, 5) is 31.3. The van der Waals surface area contributed by atoms with Gasteiger partial charge >= 0.3 is 0 Å². The second-order valence-corrected chi connectivity index (χ2v) is 8.75. The Hall–Kier alpha value is -4.06. The number of nitrogens with one attached hydrogen (secondary N) is 3. The molecule has 2 aliphatic heterocycles. The molecule has 3 aromatic rings. The quantitative estimate of drug-likeness (QED) is 0.484. The first-order valence-corrected chi connectivity index (χ1v) is 11.1. The van der Waals surface area contributed by atoms with Gasteiger partial charge in [0.25, 0.3) is 5.91 Å². The molecule has 3 N–H and O–H groups in total. The number of hydrogen-bond donors (Lipinski definition) is 3. The van der Waals surface area contributed by atoms with Gasteiger partial charge in [-0.05, 0) is 44.5 Å². The molecule has 0 bridgehead atoms. The molecule has 0 saturated carbocycles. The molecule has 5 heterocycles. The SMILES string of the molecule is CO[C@@H]1CCN(c2ccc(Nc3ncc(F)c(Nc4ccc5c(n4)NC(=O)C(C)(C)O5)n3)cn2)C1. The van der Waals surface area contributed by atoms with Crippen LogP contribution in [0.2, 0.25) is 0 Å². The standard InChI is InChI=1S/C23H25FN8O3/c1-23(2)21(33)30-20-16(35-23)5-6-17(29-20)28-19-15(24)11-26-22(31-19)27-13-4-7-18(25-10-13)32-9-8-14(12-32)34-3/h4-7,10-11,14H,8-9,12H2,1-3H3,(H3,26,27,28,29,30,31,33)/t14-/m1/s1. The van der Waals surface area contributed by atoms with Crippen LogP contribution in [0.3, 0.4) is 0 Å². The monoisotopic (exact) mass is 480 g/mol. The van der Waals surface area contributed by atoms with Crippen LogP contribution in [0.5, 0.6) is 5.75 Å². The summed E-state index contributed by atoms with van der Waals surface area (Å²) in [5.41, 5.74) is -0.347. The van der Waals surface area contributed by atoms with E-state index in [1.54, 1.807) is 39.3 Å². The first kappa shape index (κ1) is 22.7. The smallest absolute Gasteiger partial charge is 0.269 e. The van der Waals surface area contributed by atoms with Crippen LogP contribution in [0.25, 0.3) is 0 Å². The van der Waals surface area contributed by atoms with Gasteiger partial charge in [0, 0.05) is 20.2 Å². The van der Waals surface area contributed by atoms with Crippen molar-refractivity contribution < 1.29 is 18.7 Å². The van der Waals surface area contributed by atoms with E-state index in [1.807, 2.05) is 12.1 Å². The van der Waals surface area contributed by atoms with Gasteiger partial charge in [0.1, 0.15) is 11.6 Å².